The molecular weight excluding hydrogens is 322 g/mol. The maximum absolute atomic E-state index is 13.0. The summed E-state index contributed by atoms with van der Waals surface area (Å²) < 4.78 is 0. The monoisotopic (exact) mass is 347 g/mol. The summed E-state index contributed by atoms with van der Waals surface area (Å²) in [5.41, 5.74) is 3.75. The molecule has 3 aliphatic heterocycles. The van der Waals surface area contributed by atoms with Gasteiger partial charge in [0.25, 0.3) is 5.91 Å². The van der Waals surface area contributed by atoms with Gasteiger partial charge in [-0.25, -0.2) is 0 Å². The van der Waals surface area contributed by atoms with Crippen LogP contribution in [-0.4, -0.2) is 52.4 Å². The predicted octanol–water partition coefficient (Wildman–Crippen LogP) is 2.79. The number of pyridine rings is 1. The van der Waals surface area contributed by atoms with Gasteiger partial charge in [-0.3, -0.25) is 14.7 Å². The van der Waals surface area contributed by atoms with Gasteiger partial charge < -0.3 is 4.90 Å². The zero-order chi connectivity index (χ0) is 17.5. The lowest BCUT2D eigenvalue weighted by Gasteiger charge is -2.36. The van der Waals surface area contributed by atoms with Crippen LogP contribution in [0.4, 0.5) is 0 Å². The summed E-state index contributed by atoms with van der Waals surface area (Å²) in [6.45, 7) is 3.04. The summed E-state index contributed by atoms with van der Waals surface area (Å²) >= 11 is 0. The molecular formula is C22H25N3O. The fourth-order valence-corrected chi connectivity index (χ4v) is 5.11. The molecule has 1 aliphatic carbocycles. The second-order valence-electron chi connectivity index (χ2n) is 8.08. The van der Waals surface area contributed by atoms with Crippen molar-refractivity contribution in [3.05, 3.63) is 65.5 Å². The fourth-order valence-electron chi connectivity index (χ4n) is 5.11. The lowest BCUT2D eigenvalue weighted by atomic mass is 9.94. The summed E-state index contributed by atoms with van der Waals surface area (Å²) in [4.78, 5) is 22.0. The van der Waals surface area contributed by atoms with Crippen LogP contribution < -0.4 is 0 Å². The molecule has 6 rings (SSSR count). The number of fused-ring (bicyclic) bond motifs is 5. The highest BCUT2D eigenvalue weighted by molar-refractivity contribution is 5.94. The molecule has 1 aromatic heterocycles. The highest BCUT2D eigenvalue weighted by Gasteiger charge is 2.40. The molecule has 3 saturated heterocycles. The lowest BCUT2D eigenvalue weighted by molar-refractivity contribution is 0.0581. The minimum absolute atomic E-state index is 0.157. The molecule has 3 fully saturated rings. The Balaban J connectivity index is 1.34. The first-order chi connectivity index (χ1) is 12.8. The van der Waals surface area contributed by atoms with E-state index in [0.29, 0.717) is 18.0 Å². The molecule has 2 atom stereocenters. The standard InChI is InChI=1S/C22H25N3O/c26-22(19-6-3-9-23-12-19)25-14-16-7-8-20(25)15-24(13-16)21-10-17-4-1-2-5-18(17)11-21/h1-6,9,12,16,20-21H,7-8,10-11,13-15H2/t16-,20+/m0/s1. The van der Waals surface area contributed by atoms with E-state index in [-0.39, 0.29) is 5.91 Å². The van der Waals surface area contributed by atoms with Gasteiger partial charge in [0.15, 0.2) is 0 Å². The molecule has 26 heavy (non-hydrogen) atoms. The third-order valence-electron chi connectivity index (χ3n) is 6.46. The van der Waals surface area contributed by atoms with Crippen molar-refractivity contribution in [3.8, 4) is 0 Å². The smallest absolute Gasteiger partial charge is 0.255 e. The number of hydrogen-bond acceptors (Lipinski definition) is 3. The molecule has 4 aliphatic rings. The van der Waals surface area contributed by atoms with Crippen LogP contribution in [0.25, 0.3) is 0 Å². The molecule has 4 heterocycles. The first-order valence-electron chi connectivity index (χ1n) is 9.80. The van der Waals surface area contributed by atoms with Crippen molar-refractivity contribution < 1.29 is 4.79 Å². The molecule has 1 amide bonds. The van der Waals surface area contributed by atoms with Gasteiger partial charge in [-0.05, 0) is 54.9 Å². The van der Waals surface area contributed by atoms with Crippen molar-refractivity contribution in [1.82, 2.24) is 14.8 Å². The Morgan fingerprint density at radius 3 is 2.46 bits per heavy atom. The van der Waals surface area contributed by atoms with Crippen LogP contribution in [0.3, 0.4) is 0 Å². The number of hydrogen-bond donors (Lipinski definition) is 0. The van der Waals surface area contributed by atoms with Crippen molar-refractivity contribution in [2.24, 2.45) is 5.92 Å². The van der Waals surface area contributed by atoms with Crippen molar-refractivity contribution in [1.29, 1.82) is 0 Å². The molecule has 0 N–H and O–H groups in total. The van der Waals surface area contributed by atoms with Gasteiger partial charge in [-0.1, -0.05) is 24.3 Å². The van der Waals surface area contributed by atoms with Crippen molar-refractivity contribution in [3.63, 3.8) is 0 Å². The Hall–Kier alpha value is -2.20. The summed E-state index contributed by atoms with van der Waals surface area (Å²) in [5, 5.41) is 0. The quantitative estimate of drug-likeness (QED) is 0.838. The van der Waals surface area contributed by atoms with E-state index in [9.17, 15) is 4.79 Å². The number of amides is 1. The van der Waals surface area contributed by atoms with Crippen molar-refractivity contribution in [2.75, 3.05) is 19.6 Å². The maximum atomic E-state index is 13.0. The molecule has 0 saturated carbocycles. The number of aromatic nitrogens is 1. The van der Waals surface area contributed by atoms with Gasteiger partial charge in [0, 0.05) is 44.1 Å². The maximum Gasteiger partial charge on any atom is 0.255 e. The average molecular weight is 347 g/mol. The zero-order valence-electron chi connectivity index (χ0n) is 15.1. The molecule has 0 spiro atoms. The first kappa shape index (κ1) is 16.0. The van der Waals surface area contributed by atoms with Crippen LogP contribution in [0.1, 0.15) is 34.3 Å². The number of carbonyl (C=O) groups is 1. The molecule has 2 aromatic rings. The number of rotatable bonds is 2. The Morgan fingerprint density at radius 2 is 1.73 bits per heavy atom. The topological polar surface area (TPSA) is 36.4 Å². The number of nitrogens with zero attached hydrogens (tertiary/aromatic N) is 3. The predicted molar refractivity (Wildman–Crippen MR) is 101 cm³/mol. The third kappa shape index (κ3) is 2.82. The molecule has 4 heteroatoms. The van der Waals surface area contributed by atoms with Crippen LogP contribution in [0.5, 0.6) is 0 Å². The average Bonchev–Trinajstić information content (AvgIpc) is 2.91. The largest absolute Gasteiger partial charge is 0.334 e. The molecule has 134 valence electrons. The van der Waals surface area contributed by atoms with Gasteiger partial charge in [0.1, 0.15) is 0 Å². The first-order valence-corrected chi connectivity index (χ1v) is 9.80. The Labute approximate surface area is 154 Å². The summed E-state index contributed by atoms with van der Waals surface area (Å²) in [5.74, 6) is 0.752. The van der Waals surface area contributed by atoms with E-state index in [4.69, 9.17) is 0 Å². The molecule has 0 unspecified atom stereocenters. The number of piperidine rings is 1. The van der Waals surface area contributed by atoms with Gasteiger partial charge in [-0.15, -0.1) is 0 Å². The minimum atomic E-state index is 0.157. The van der Waals surface area contributed by atoms with Gasteiger partial charge >= 0.3 is 0 Å². The number of carbonyl (C=O) groups excluding carboxylic acids is 1. The Bertz CT molecular complexity index is 781. The lowest BCUT2D eigenvalue weighted by Crippen LogP contribution is -2.48. The molecule has 2 bridgehead atoms. The summed E-state index contributed by atoms with van der Waals surface area (Å²) in [6, 6.07) is 13.5. The molecule has 4 nitrogen and oxygen atoms in total. The zero-order valence-corrected chi connectivity index (χ0v) is 15.1. The van der Waals surface area contributed by atoms with Crippen LogP contribution in [0, 0.1) is 5.92 Å². The SMILES string of the molecule is O=C(c1cccnc1)N1C[C@H]2CC[C@@H]1CN(C1Cc3ccccc3C1)C2. The summed E-state index contributed by atoms with van der Waals surface area (Å²) in [6.07, 6.45) is 8.12. The van der Waals surface area contributed by atoms with Gasteiger partial charge in [0.05, 0.1) is 5.56 Å². The minimum Gasteiger partial charge on any atom is -0.334 e. The van der Waals surface area contributed by atoms with Crippen LogP contribution in [0.15, 0.2) is 48.8 Å². The number of benzene rings is 1. The Morgan fingerprint density at radius 1 is 0.923 bits per heavy atom. The fraction of sp³-hybridized carbons (Fsp3) is 0.455. The highest BCUT2D eigenvalue weighted by atomic mass is 16.2. The van der Waals surface area contributed by atoms with E-state index in [1.165, 1.54) is 17.5 Å². The van der Waals surface area contributed by atoms with E-state index >= 15 is 0 Å². The van der Waals surface area contributed by atoms with E-state index in [0.717, 1.165) is 44.5 Å². The Kier molecular flexibility index (Phi) is 4.01. The van der Waals surface area contributed by atoms with Crippen molar-refractivity contribution in [2.45, 2.75) is 37.8 Å². The van der Waals surface area contributed by atoms with Crippen molar-refractivity contribution >= 4 is 5.91 Å². The molecule has 0 radical (unpaired) electrons. The van der Waals surface area contributed by atoms with Crippen LogP contribution >= 0.6 is 0 Å². The van der Waals surface area contributed by atoms with E-state index < -0.39 is 0 Å². The molecule has 1 aromatic carbocycles. The second-order valence-corrected chi connectivity index (χ2v) is 8.08. The third-order valence-corrected chi connectivity index (χ3v) is 6.46. The van der Waals surface area contributed by atoms with E-state index in [2.05, 4.69) is 39.0 Å². The normalized spacial score (nSPS) is 25.9. The highest BCUT2D eigenvalue weighted by Crippen LogP contribution is 2.33. The van der Waals surface area contributed by atoms with E-state index in [1.54, 1.807) is 12.4 Å². The summed E-state index contributed by atoms with van der Waals surface area (Å²) in [7, 11) is 0. The van der Waals surface area contributed by atoms with E-state index in [1.807, 2.05) is 12.1 Å². The van der Waals surface area contributed by atoms with Crippen LogP contribution in [0.2, 0.25) is 0 Å². The van der Waals surface area contributed by atoms with Gasteiger partial charge in [0.2, 0.25) is 0 Å². The second kappa shape index (κ2) is 6.51. The van der Waals surface area contributed by atoms with Gasteiger partial charge in [-0.2, -0.15) is 0 Å². The van der Waals surface area contributed by atoms with Crippen LogP contribution in [-0.2, 0) is 12.8 Å².